The summed E-state index contributed by atoms with van der Waals surface area (Å²) in [7, 11) is 0. The molecule has 0 amide bonds. The van der Waals surface area contributed by atoms with Gasteiger partial charge in [-0.2, -0.15) is 0 Å². The van der Waals surface area contributed by atoms with Crippen LogP contribution in [0.25, 0.3) is 0 Å². The molecule has 0 unspecified atom stereocenters. The Morgan fingerprint density at radius 2 is 2.25 bits per heavy atom. The zero-order valence-electron chi connectivity index (χ0n) is 11.6. The summed E-state index contributed by atoms with van der Waals surface area (Å²) in [6.45, 7) is 4.23. The third-order valence-corrected chi connectivity index (χ3v) is 3.17. The van der Waals surface area contributed by atoms with Gasteiger partial charge in [0.05, 0.1) is 11.5 Å². The van der Waals surface area contributed by atoms with Crippen molar-refractivity contribution in [2.45, 2.75) is 26.3 Å². The summed E-state index contributed by atoms with van der Waals surface area (Å²) in [6.07, 6.45) is 2.48. The van der Waals surface area contributed by atoms with E-state index in [4.69, 9.17) is 9.47 Å². The molecular formula is C14H20N2O4. The van der Waals surface area contributed by atoms with E-state index in [0.29, 0.717) is 18.2 Å². The van der Waals surface area contributed by atoms with Gasteiger partial charge >= 0.3 is 0 Å². The van der Waals surface area contributed by atoms with E-state index < -0.39 is 4.92 Å². The summed E-state index contributed by atoms with van der Waals surface area (Å²) in [5.41, 5.74) is 0.847. The van der Waals surface area contributed by atoms with Gasteiger partial charge in [0.15, 0.2) is 6.79 Å². The highest BCUT2D eigenvalue weighted by Crippen LogP contribution is 2.29. The van der Waals surface area contributed by atoms with Crippen molar-refractivity contribution in [3.8, 4) is 5.75 Å². The minimum Gasteiger partial charge on any atom is -0.467 e. The monoisotopic (exact) mass is 280 g/mol. The van der Waals surface area contributed by atoms with E-state index in [-0.39, 0.29) is 12.5 Å². The zero-order chi connectivity index (χ0) is 14.4. The van der Waals surface area contributed by atoms with E-state index >= 15 is 0 Å². The number of ether oxygens (including phenoxy) is 2. The number of nitrogens with zero attached hydrogens (tertiary/aromatic N) is 1. The second-order valence-electron chi connectivity index (χ2n) is 4.91. The van der Waals surface area contributed by atoms with Gasteiger partial charge in [0.2, 0.25) is 0 Å². The molecule has 0 saturated heterocycles. The molecule has 6 nitrogen and oxygen atoms in total. The Hall–Kier alpha value is -1.66. The number of rotatable bonds is 9. The predicted molar refractivity (Wildman–Crippen MR) is 74.6 cm³/mol. The normalized spacial score (nSPS) is 14.2. The third-order valence-electron chi connectivity index (χ3n) is 3.17. The molecule has 0 atom stereocenters. The molecule has 110 valence electrons. The topological polar surface area (TPSA) is 73.6 Å². The first kappa shape index (κ1) is 14.7. The van der Waals surface area contributed by atoms with Crippen LogP contribution in [0.3, 0.4) is 0 Å². The second-order valence-corrected chi connectivity index (χ2v) is 4.91. The van der Waals surface area contributed by atoms with Gasteiger partial charge in [-0.1, -0.05) is 6.92 Å². The minimum absolute atomic E-state index is 0.0733. The highest BCUT2D eigenvalue weighted by molar-refractivity contribution is 5.43. The summed E-state index contributed by atoms with van der Waals surface area (Å²) in [4.78, 5) is 10.4. The smallest absolute Gasteiger partial charge is 0.270 e. The van der Waals surface area contributed by atoms with Gasteiger partial charge in [0.1, 0.15) is 5.75 Å². The number of hydrogen-bond donors (Lipinski definition) is 1. The molecule has 1 aromatic rings. The first-order valence-corrected chi connectivity index (χ1v) is 6.89. The largest absolute Gasteiger partial charge is 0.467 e. The molecule has 0 spiro atoms. The standard InChI is InChI=1S/C14H20N2O4/c1-2-15-8-12-7-13(16(17)18)5-6-14(12)20-10-19-9-11-3-4-11/h5-7,11,15H,2-4,8-10H2,1H3. The van der Waals surface area contributed by atoms with Gasteiger partial charge in [-0.25, -0.2) is 0 Å². The van der Waals surface area contributed by atoms with Crippen molar-refractivity contribution in [1.82, 2.24) is 5.32 Å². The molecule has 20 heavy (non-hydrogen) atoms. The number of nitro groups is 1. The Balaban J connectivity index is 1.94. The van der Waals surface area contributed by atoms with Crippen molar-refractivity contribution >= 4 is 5.69 Å². The van der Waals surface area contributed by atoms with Crippen LogP contribution in [0.15, 0.2) is 18.2 Å². The first-order chi connectivity index (χ1) is 9.70. The van der Waals surface area contributed by atoms with Gasteiger partial charge in [0.25, 0.3) is 5.69 Å². The summed E-state index contributed by atoms with van der Waals surface area (Å²) >= 11 is 0. The summed E-state index contributed by atoms with van der Waals surface area (Å²) < 4.78 is 11.0. The highest BCUT2D eigenvalue weighted by atomic mass is 16.7. The number of benzene rings is 1. The van der Waals surface area contributed by atoms with Gasteiger partial charge in [-0.3, -0.25) is 10.1 Å². The highest BCUT2D eigenvalue weighted by Gasteiger charge is 2.21. The predicted octanol–water partition coefficient (Wildman–Crippen LogP) is 2.47. The lowest BCUT2D eigenvalue weighted by molar-refractivity contribution is -0.384. The average Bonchev–Trinajstić information content (AvgIpc) is 3.26. The maximum atomic E-state index is 10.8. The second kappa shape index (κ2) is 7.21. The van der Waals surface area contributed by atoms with Crippen LogP contribution in [0.1, 0.15) is 25.3 Å². The van der Waals surface area contributed by atoms with Crippen molar-refractivity contribution in [1.29, 1.82) is 0 Å². The summed E-state index contributed by atoms with van der Waals surface area (Å²) in [6, 6.07) is 4.62. The van der Waals surface area contributed by atoms with E-state index in [0.717, 1.165) is 18.7 Å². The molecule has 1 aliphatic rings. The molecular weight excluding hydrogens is 260 g/mol. The van der Waals surface area contributed by atoms with Crippen molar-refractivity contribution < 1.29 is 14.4 Å². The third kappa shape index (κ3) is 4.47. The van der Waals surface area contributed by atoms with Gasteiger partial charge in [0, 0.05) is 24.2 Å². The minimum atomic E-state index is -0.400. The Bertz CT molecular complexity index is 460. The van der Waals surface area contributed by atoms with E-state index in [9.17, 15) is 10.1 Å². The summed E-state index contributed by atoms with van der Waals surface area (Å²) in [5, 5.41) is 13.9. The van der Waals surface area contributed by atoms with Crippen LogP contribution in [0.4, 0.5) is 5.69 Å². The van der Waals surface area contributed by atoms with Crippen LogP contribution < -0.4 is 10.1 Å². The number of hydrogen-bond acceptors (Lipinski definition) is 5. The maximum Gasteiger partial charge on any atom is 0.270 e. The van der Waals surface area contributed by atoms with Crippen LogP contribution in [0.2, 0.25) is 0 Å². The molecule has 1 aliphatic carbocycles. The molecule has 1 aromatic carbocycles. The molecule has 0 heterocycles. The molecule has 0 bridgehead atoms. The molecule has 0 radical (unpaired) electrons. The van der Waals surface area contributed by atoms with Crippen molar-refractivity contribution in [3.05, 3.63) is 33.9 Å². The Morgan fingerprint density at radius 3 is 2.90 bits per heavy atom. The molecule has 6 heteroatoms. The molecule has 1 N–H and O–H groups in total. The SMILES string of the molecule is CCNCc1cc([N+](=O)[O-])ccc1OCOCC1CC1. The van der Waals surface area contributed by atoms with Gasteiger partial charge < -0.3 is 14.8 Å². The number of non-ortho nitro benzene ring substituents is 1. The zero-order valence-corrected chi connectivity index (χ0v) is 11.6. The first-order valence-electron chi connectivity index (χ1n) is 6.89. The Kier molecular flexibility index (Phi) is 5.31. The lowest BCUT2D eigenvalue weighted by Crippen LogP contribution is -2.14. The molecule has 1 fully saturated rings. The number of nitro benzene ring substituents is 1. The fourth-order valence-corrected chi connectivity index (χ4v) is 1.82. The van der Waals surface area contributed by atoms with Crippen LogP contribution in [0.5, 0.6) is 5.75 Å². The Labute approximate surface area is 118 Å². The fraction of sp³-hybridized carbons (Fsp3) is 0.571. The van der Waals surface area contributed by atoms with Crippen LogP contribution >= 0.6 is 0 Å². The van der Waals surface area contributed by atoms with E-state index in [1.54, 1.807) is 12.1 Å². The van der Waals surface area contributed by atoms with Crippen molar-refractivity contribution in [2.75, 3.05) is 19.9 Å². The van der Waals surface area contributed by atoms with Crippen LogP contribution in [-0.2, 0) is 11.3 Å². The Morgan fingerprint density at radius 1 is 1.45 bits per heavy atom. The quantitative estimate of drug-likeness (QED) is 0.325. The van der Waals surface area contributed by atoms with E-state index in [2.05, 4.69) is 5.32 Å². The molecule has 0 aliphatic heterocycles. The van der Waals surface area contributed by atoms with Gasteiger partial charge in [-0.05, 0) is 31.4 Å². The van der Waals surface area contributed by atoms with Gasteiger partial charge in [-0.15, -0.1) is 0 Å². The summed E-state index contributed by atoms with van der Waals surface area (Å²) in [5.74, 6) is 1.32. The lowest BCUT2D eigenvalue weighted by atomic mass is 10.1. The molecule has 1 saturated carbocycles. The van der Waals surface area contributed by atoms with Crippen LogP contribution in [-0.4, -0.2) is 24.9 Å². The van der Waals surface area contributed by atoms with Crippen molar-refractivity contribution in [3.63, 3.8) is 0 Å². The van der Waals surface area contributed by atoms with E-state index in [1.165, 1.54) is 18.9 Å². The average molecular weight is 280 g/mol. The maximum absolute atomic E-state index is 10.8. The number of nitrogens with one attached hydrogen (secondary N) is 1. The van der Waals surface area contributed by atoms with Crippen LogP contribution in [0, 0.1) is 16.0 Å². The van der Waals surface area contributed by atoms with E-state index in [1.807, 2.05) is 6.92 Å². The van der Waals surface area contributed by atoms with Crippen molar-refractivity contribution in [2.24, 2.45) is 5.92 Å². The molecule has 2 rings (SSSR count). The lowest BCUT2D eigenvalue weighted by Gasteiger charge is -2.12. The molecule has 0 aromatic heterocycles. The fourth-order valence-electron chi connectivity index (χ4n) is 1.82.